The normalized spacial score (nSPS) is 23.3. The Morgan fingerprint density at radius 1 is 1.47 bits per heavy atom. The molecule has 0 radical (unpaired) electrons. The van der Waals surface area contributed by atoms with E-state index in [0.29, 0.717) is 17.7 Å². The van der Waals surface area contributed by atoms with Gasteiger partial charge in [-0.25, -0.2) is 12.8 Å². The van der Waals surface area contributed by atoms with Gasteiger partial charge in [-0.15, -0.1) is 0 Å². The number of aliphatic hydroxyl groups is 1. The highest BCUT2D eigenvalue weighted by Crippen LogP contribution is 2.30. The maximum atomic E-state index is 13.2. The average molecular weight is 287 g/mol. The van der Waals surface area contributed by atoms with E-state index < -0.39 is 21.8 Å². The van der Waals surface area contributed by atoms with Gasteiger partial charge in [0.05, 0.1) is 17.6 Å². The number of hydrogen-bond acceptors (Lipinski definition) is 4. The van der Waals surface area contributed by atoms with Crippen molar-refractivity contribution in [3.63, 3.8) is 0 Å². The molecule has 0 amide bonds. The predicted octanol–water partition coefficient (Wildman–Crippen LogP) is 1.50. The van der Waals surface area contributed by atoms with Gasteiger partial charge in [0.2, 0.25) is 0 Å². The summed E-state index contributed by atoms with van der Waals surface area (Å²) in [5, 5.41) is 9.71. The van der Waals surface area contributed by atoms with E-state index in [0.717, 1.165) is 0 Å². The van der Waals surface area contributed by atoms with Gasteiger partial charge in [0.15, 0.2) is 9.84 Å². The number of anilines is 1. The third kappa shape index (κ3) is 3.06. The summed E-state index contributed by atoms with van der Waals surface area (Å²) in [6, 6.07) is 4.08. The van der Waals surface area contributed by atoms with Gasteiger partial charge in [-0.3, -0.25) is 0 Å². The molecule has 1 aromatic carbocycles. The fourth-order valence-electron chi connectivity index (χ4n) is 2.46. The lowest BCUT2D eigenvalue weighted by atomic mass is 10.1. The zero-order valence-corrected chi connectivity index (χ0v) is 11.8. The summed E-state index contributed by atoms with van der Waals surface area (Å²) >= 11 is 0. The van der Waals surface area contributed by atoms with Crippen molar-refractivity contribution in [2.45, 2.75) is 25.5 Å². The lowest BCUT2D eigenvalue weighted by Gasteiger charge is -2.28. The standard InChI is InChI=1S/C13H18FNO3S/c1-9(16)12-7-10(14)3-4-13(12)15(2)11-5-6-19(17,18)8-11/h3-4,7,9,11,16H,5-6,8H2,1-2H3. The first kappa shape index (κ1) is 14.3. The van der Waals surface area contributed by atoms with E-state index in [9.17, 15) is 17.9 Å². The molecule has 0 aliphatic carbocycles. The van der Waals surface area contributed by atoms with Crippen molar-refractivity contribution >= 4 is 15.5 Å². The Labute approximate surface area is 112 Å². The molecule has 19 heavy (non-hydrogen) atoms. The van der Waals surface area contributed by atoms with Gasteiger partial charge in [-0.2, -0.15) is 0 Å². The number of rotatable bonds is 3. The summed E-state index contributed by atoms with van der Waals surface area (Å²) in [5.41, 5.74) is 1.16. The van der Waals surface area contributed by atoms with Crippen LogP contribution in [0, 0.1) is 5.82 Å². The molecule has 2 rings (SSSR count). The van der Waals surface area contributed by atoms with E-state index in [-0.39, 0.29) is 17.5 Å². The molecule has 0 saturated carbocycles. The van der Waals surface area contributed by atoms with Gasteiger partial charge in [-0.05, 0) is 31.5 Å². The number of nitrogens with zero attached hydrogens (tertiary/aromatic N) is 1. The summed E-state index contributed by atoms with van der Waals surface area (Å²) in [6.45, 7) is 1.57. The fourth-order valence-corrected chi connectivity index (χ4v) is 4.23. The molecule has 0 bridgehead atoms. The van der Waals surface area contributed by atoms with Crippen LogP contribution in [0.2, 0.25) is 0 Å². The monoisotopic (exact) mass is 287 g/mol. The van der Waals surface area contributed by atoms with Crippen molar-refractivity contribution in [2.75, 3.05) is 23.5 Å². The Bertz CT molecular complexity index is 571. The minimum atomic E-state index is -2.97. The molecule has 2 unspecified atom stereocenters. The molecule has 1 aromatic rings. The second-order valence-electron chi connectivity index (χ2n) is 5.05. The minimum Gasteiger partial charge on any atom is -0.389 e. The molecule has 106 valence electrons. The van der Waals surface area contributed by atoms with Crippen LogP contribution in [0.1, 0.15) is 25.0 Å². The van der Waals surface area contributed by atoms with E-state index >= 15 is 0 Å². The molecule has 1 fully saturated rings. The first-order valence-corrected chi connectivity index (χ1v) is 8.03. The highest BCUT2D eigenvalue weighted by Gasteiger charge is 2.31. The number of benzene rings is 1. The topological polar surface area (TPSA) is 57.6 Å². The van der Waals surface area contributed by atoms with Crippen molar-refractivity contribution in [3.8, 4) is 0 Å². The molecule has 1 saturated heterocycles. The second kappa shape index (κ2) is 5.09. The van der Waals surface area contributed by atoms with Crippen LogP contribution in [0.25, 0.3) is 0 Å². The quantitative estimate of drug-likeness (QED) is 0.915. The van der Waals surface area contributed by atoms with Crippen molar-refractivity contribution in [1.82, 2.24) is 0 Å². The van der Waals surface area contributed by atoms with E-state index in [2.05, 4.69) is 0 Å². The lowest BCUT2D eigenvalue weighted by molar-refractivity contribution is 0.199. The largest absolute Gasteiger partial charge is 0.389 e. The molecule has 0 spiro atoms. The van der Waals surface area contributed by atoms with Crippen LogP contribution < -0.4 is 4.90 Å². The van der Waals surface area contributed by atoms with Gasteiger partial charge in [0.1, 0.15) is 5.82 Å². The maximum absolute atomic E-state index is 13.2. The van der Waals surface area contributed by atoms with Crippen LogP contribution >= 0.6 is 0 Å². The summed E-state index contributed by atoms with van der Waals surface area (Å²) in [7, 11) is -1.19. The smallest absolute Gasteiger partial charge is 0.152 e. The average Bonchev–Trinajstić information content (AvgIpc) is 2.68. The molecule has 1 N–H and O–H groups in total. The van der Waals surface area contributed by atoms with Crippen molar-refractivity contribution < 1.29 is 17.9 Å². The first-order valence-electron chi connectivity index (χ1n) is 6.21. The summed E-state index contributed by atoms with van der Waals surface area (Å²) < 4.78 is 36.3. The Kier molecular flexibility index (Phi) is 3.82. The van der Waals surface area contributed by atoms with E-state index in [1.54, 1.807) is 20.0 Å². The van der Waals surface area contributed by atoms with E-state index in [1.165, 1.54) is 12.1 Å². The highest BCUT2D eigenvalue weighted by atomic mass is 32.2. The van der Waals surface area contributed by atoms with Gasteiger partial charge in [0, 0.05) is 24.3 Å². The molecule has 1 heterocycles. The van der Waals surface area contributed by atoms with E-state index in [1.807, 2.05) is 4.90 Å². The molecule has 1 aliphatic rings. The molecular formula is C13H18FNO3S. The zero-order valence-electron chi connectivity index (χ0n) is 11.0. The van der Waals surface area contributed by atoms with Crippen LogP contribution in [0.15, 0.2) is 18.2 Å². The molecule has 1 aliphatic heterocycles. The first-order chi connectivity index (χ1) is 8.80. The predicted molar refractivity (Wildman–Crippen MR) is 72.5 cm³/mol. The minimum absolute atomic E-state index is 0.111. The van der Waals surface area contributed by atoms with Crippen molar-refractivity contribution in [3.05, 3.63) is 29.6 Å². The van der Waals surface area contributed by atoms with Crippen LogP contribution in [0.5, 0.6) is 0 Å². The number of sulfone groups is 1. The van der Waals surface area contributed by atoms with Crippen LogP contribution in [-0.4, -0.2) is 38.1 Å². The van der Waals surface area contributed by atoms with Gasteiger partial charge < -0.3 is 10.0 Å². The molecule has 6 heteroatoms. The van der Waals surface area contributed by atoms with Gasteiger partial charge in [-0.1, -0.05) is 0 Å². The Balaban J connectivity index is 2.31. The van der Waals surface area contributed by atoms with Crippen molar-refractivity contribution in [1.29, 1.82) is 0 Å². The lowest BCUT2D eigenvalue weighted by Crippen LogP contribution is -2.33. The number of hydrogen-bond donors (Lipinski definition) is 1. The Morgan fingerprint density at radius 3 is 2.68 bits per heavy atom. The second-order valence-corrected chi connectivity index (χ2v) is 7.28. The SMILES string of the molecule is CC(O)c1cc(F)ccc1N(C)C1CCS(=O)(=O)C1. The van der Waals surface area contributed by atoms with E-state index in [4.69, 9.17) is 0 Å². The molecule has 0 aromatic heterocycles. The zero-order chi connectivity index (χ0) is 14.2. The van der Waals surface area contributed by atoms with Crippen molar-refractivity contribution in [2.24, 2.45) is 0 Å². The summed E-state index contributed by atoms with van der Waals surface area (Å²) in [4.78, 5) is 1.83. The van der Waals surface area contributed by atoms with Gasteiger partial charge in [0.25, 0.3) is 0 Å². The molecule has 4 nitrogen and oxygen atoms in total. The molecule has 2 atom stereocenters. The van der Waals surface area contributed by atoms with Crippen LogP contribution in [0.4, 0.5) is 10.1 Å². The summed E-state index contributed by atoms with van der Waals surface area (Å²) in [6.07, 6.45) is -0.235. The third-order valence-corrected chi connectivity index (χ3v) is 5.33. The fraction of sp³-hybridized carbons (Fsp3) is 0.538. The summed E-state index contributed by atoms with van der Waals surface area (Å²) in [5.74, 6) is -0.111. The van der Waals surface area contributed by atoms with Crippen LogP contribution in [-0.2, 0) is 9.84 Å². The van der Waals surface area contributed by atoms with Crippen LogP contribution in [0.3, 0.4) is 0 Å². The number of halogens is 1. The van der Waals surface area contributed by atoms with Gasteiger partial charge >= 0.3 is 0 Å². The Morgan fingerprint density at radius 2 is 2.16 bits per heavy atom. The number of aliphatic hydroxyl groups excluding tert-OH is 1. The third-order valence-electron chi connectivity index (χ3n) is 3.58. The highest BCUT2D eigenvalue weighted by molar-refractivity contribution is 7.91. The molecular weight excluding hydrogens is 269 g/mol. The maximum Gasteiger partial charge on any atom is 0.152 e. The Hall–Kier alpha value is -1.14.